The van der Waals surface area contributed by atoms with Gasteiger partial charge in [-0.15, -0.1) is 11.3 Å². The van der Waals surface area contributed by atoms with E-state index in [9.17, 15) is 4.79 Å². The molecule has 0 fully saturated rings. The molecule has 1 aromatic heterocycles. The van der Waals surface area contributed by atoms with Crippen molar-refractivity contribution in [1.29, 1.82) is 0 Å². The van der Waals surface area contributed by atoms with E-state index in [2.05, 4.69) is 26.2 Å². The molecule has 29 heavy (non-hydrogen) atoms. The fraction of sp³-hybridized carbons (Fsp3) is 0.200. The zero-order valence-electron chi connectivity index (χ0n) is 15.7. The fourth-order valence-electron chi connectivity index (χ4n) is 2.84. The molecule has 0 saturated carbocycles. The number of fused-ring (bicyclic) bond motifs is 1. The number of nitrogens with one attached hydrogen (secondary N) is 1. The van der Waals surface area contributed by atoms with Crippen LogP contribution in [0.15, 0.2) is 40.2 Å². The molecule has 0 atom stereocenters. The number of carbonyl (C=O) groups excluding carboxylic acids is 1. The molecule has 0 spiro atoms. The van der Waals surface area contributed by atoms with Crippen LogP contribution in [0.2, 0.25) is 0 Å². The third-order valence-corrected chi connectivity index (χ3v) is 5.81. The van der Waals surface area contributed by atoms with Gasteiger partial charge in [0.1, 0.15) is 29.2 Å². The number of amides is 1. The molecule has 0 unspecified atom stereocenters. The van der Waals surface area contributed by atoms with Crippen LogP contribution < -0.4 is 24.3 Å². The summed E-state index contributed by atoms with van der Waals surface area (Å²) in [5.41, 5.74) is 2.03. The standard InChI is InChI=1S/C20H17BrN2O5S/c1-25-16-8-12(9-17(26-2)18(16)21)19(24)23-20-22-13(10-29-20)11-3-4-14-15(7-11)28-6-5-27-14/h3-4,7-10H,5-6H2,1-2H3,(H,22,23,24). The molecule has 7 nitrogen and oxygen atoms in total. The number of methoxy groups -OCH3 is 2. The van der Waals surface area contributed by atoms with E-state index in [4.69, 9.17) is 18.9 Å². The van der Waals surface area contributed by atoms with Gasteiger partial charge in [0.05, 0.1) is 19.9 Å². The molecule has 9 heteroatoms. The van der Waals surface area contributed by atoms with Gasteiger partial charge in [-0.05, 0) is 46.3 Å². The van der Waals surface area contributed by atoms with Crippen LogP contribution in [0.1, 0.15) is 10.4 Å². The van der Waals surface area contributed by atoms with Crippen LogP contribution in [0.4, 0.5) is 5.13 Å². The number of hydrogen-bond donors (Lipinski definition) is 1. The van der Waals surface area contributed by atoms with Gasteiger partial charge in [0.15, 0.2) is 16.6 Å². The van der Waals surface area contributed by atoms with Crippen LogP contribution in [-0.4, -0.2) is 38.3 Å². The number of carbonyl (C=O) groups is 1. The van der Waals surface area contributed by atoms with Crippen LogP contribution in [0, 0.1) is 0 Å². The van der Waals surface area contributed by atoms with E-state index in [1.165, 1.54) is 25.6 Å². The van der Waals surface area contributed by atoms with Gasteiger partial charge in [0.2, 0.25) is 0 Å². The van der Waals surface area contributed by atoms with Crippen molar-refractivity contribution < 1.29 is 23.7 Å². The molecular weight excluding hydrogens is 460 g/mol. The predicted octanol–water partition coefficient (Wildman–Crippen LogP) is 4.61. The quantitative estimate of drug-likeness (QED) is 0.578. The van der Waals surface area contributed by atoms with E-state index in [1.807, 2.05) is 23.6 Å². The molecule has 2 heterocycles. The lowest BCUT2D eigenvalue weighted by atomic mass is 10.1. The first kappa shape index (κ1) is 19.5. The average molecular weight is 477 g/mol. The minimum Gasteiger partial charge on any atom is -0.495 e. The highest BCUT2D eigenvalue weighted by molar-refractivity contribution is 9.10. The molecule has 0 saturated heterocycles. The summed E-state index contributed by atoms with van der Waals surface area (Å²) in [5, 5.41) is 5.18. The number of ether oxygens (including phenoxy) is 4. The lowest BCUT2D eigenvalue weighted by Crippen LogP contribution is -2.15. The summed E-state index contributed by atoms with van der Waals surface area (Å²) in [6.45, 7) is 1.07. The van der Waals surface area contributed by atoms with Crippen molar-refractivity contribution in [3.8, 4) is 34.3 Å². The first-order chi connectivity index (χ1) is 14.1. The van der Waals surface area contributed by atoms with Gasteiger partial charge in [0.25, 0.3) is 5.91 Å². The summed E-state index contributed by atoms with van der Waals surface area (Å²) < 4.78 is 22.4. The lowest BCUT2D eigenvalue weighted by Gasteiger charge is -2.18. The maximum Gasteiger partial charge on any atom is 0.257 e. The average Bonchev–Trinajstić information content (AvgIpc) is 3.22. The molecule has 4 rings (SSSR count). The van der Waals surface area contributed by atoms with Crippen molar-refractivity contribution in [2.75, 3.05) is 32.8 Å². The summed E-state index contributed by atoms with van der Waals surface area (Å²) in [6, 6.07) is 8.94. The highest BCUT2D eigenvalue weighted by Crippen LogP contribution is 2.37. The Morgan fingerprint density at radius 3 is 2.48 bits per heavy atom. The first-order valence-electron chi connectivity index (χ1n) is 8.67. The van der Waals surface area contributed by atoms with Crippen molar-refractivity contribution in [2.24, 2.45) is 0 Å². The minimum absolute atomic E-state index is 0.308. The number of halogens is 1. The first-order valence-corrected chi connectivity index (χ1v) is 10.3. The van der Waals surface area contributed by atoms with Gasteiger partial charge in [-0.25, -0.2) is 4.98 Å². The molecule has 2 aromatic carbocycles. The van der Waals surface area contributed by atoms with Crippen LogP contribution >= 0.6 is 27.3 Å². The van der Waals surface area contributed by atoms with E-state index in [0.717, 1.165) is 17.0 Å². The van der Waals surface area contributed by atoms with Crippen LogP contribution in [-0.2, 0) is 0 Å². The molecule has 1 aliphatic heterocycles. The summed E-state index contributed by atoms with van der Waals surface area (Å²) in [5.74, 6) is 2.12. The number of nitrogens with zero attached hydrogens (tertiary/aromatic N) is 1. The number of aromatic nitrogens is 1. The van der Waals surface area contributed by atoms with Gasteiger partial charge in [0, 0.05) is 16.5 Å². The Labute approximate surface area is 179 Å². The Balaban J connectivity index is 1.54. The molecule has 150 valence electrons. The normalized spacial score (nSPS) is 12.4. The third-order valence-electron chi connectivity index (χ3n) is 4.27. The second kappa shape index (κ2) is 8.30. The molecule has 0 aliphatic carbocycles. The van der Waals surface area contributed by atoms with Crippen molar-refractivity contribution >= 4 is 38.3 Å². The van der Waals surface area contributed by atoms with Crippen molar-refractivity contribution in [3.63, 3.8) is 0 Å². The SMILES string of the molecule is COc1cc(C(=O)Nc2nc(-c3ccc4c(c3)OCCO4)cs2)cc(OC)c1Br. The van der Waals surface area contributed by atoms with Gasteiger partial charge < -0.3 is 18.9 Å². The second-order valence-corrected chi connectivity index (χ2v) is 7.70. The van der Waals surface area contributed by atoms with E-state index >= 15 is 0 Å². The topological polar surface area (TPSA) is 78.9 Å². The summed E-state index contributed by atoms with van der Waals surface area (Å²) in [6.07, 6.45) is 0. The van der Waals surface area contributed by atoms with E-state index in [1.54, 1.807) is 12.1 Å². The molecule has 0 bridgehead atoms. The Kier molecular flexibility index (Phi) is 5.59. The van der Waals surface area contributed by atoms with E-state index in [0.29, 0.717) is 45.6 Å². The highest BCUT2D eigenvalue weighted by Gasteiger charge is 2.17. The van der Waals surface area contributed by atoms with Crippen molar-refractivity contribution in [1.82, 2.24) is 4.98 Å². The predicted molar refractivity (Wildman–Crippen MR) is 114 cm³/mol. The minimum atomic E-state index is -0.308. The summed E-state index contributed by atoms with van der Waals surface area (Å²) >= 11 is 4.74. The Morgan fingerprint density at radius 1 is 1.10 bits per heavy atom. The van der Waals surface area contributed by atoms with Gasteiger partial charge in [-0.1, -0.05) is 0 Å². The van der Waals surface area contributed by atoms with Crippen molar-refractivity contribution in [3.05, 3.63) is 45.7 Å². The van der Waals surface area contributed by atoms with Gasteiger partial charge >= 0.3 is 0 Å². The van der Waals surface area contributed by atoms with Gasteiger partial charge in [-0.2, -0.15) is 0 Å². The molecule has 0 radical (unpaired) electrons. The summed E-state index contributed by atoms with van der Waals surface area (Å²) in [7, 11) is 3.06. The van der Waals surface area contributed by atoms with Crippen molar-refractivity contribution in [2.45, 2.75) is 0 Å². The zero-order chi connectivity index (χ0) is 20.4. The largest absolute Gasteiger partial charge is 0.495 e. The van der Waals surface area contributed by atoms with E-state index < -0.39 is 0 Å². The van der Waals surface area contributed by atoms with Crippen LogP contribution in [0.5, 0.6) is 23.0 Å². The van der Waals surface area contributed by atoms with Crippen LogP contribution in [0.3, 0.4) is 0 Å². The summed E-state index contributed by atoms with van der Waals surface area (Å²) in [4.78, 5) is 17.2. The number of rotatable bonds is 5. The molecule has 1 amide bonds. The maximum atomic E-state index is 12.7. The zero-order valence-corrected chi connectivity index (χ0v) is 18.1. The lowest BCUT2D eigenvalue weighted by molar-refractivity contribution is 0.102. The van der Waals surface area contributed by atoms with E-state index in [-0.39, 0.29) is 5.91 Å². The maximum absolute atomic E-state index is 12.7. The Hall–Kier alpha value is -2.78. The molecular formula is C20H17BrN2O5S. The Bertz CT molecular complexity index is 1040. The second-order valence-electron chi connectivity index (χ2n) is 6.05. The smallest absolute Gasteiger partial charge is 0.257 e. The third kappa shape index (κ3) is 4.01. The number of benzene rings is 2. The number of hydrogen-bond acceptors (Lipinski definition) is 7. The molecule has 1 aliphatic rings. The van der Waals surface area contributed by atoms with Gasteiger partial charge in [-0.3, -0.25) is 10.1 Å². The fourth-order valence-corrected chi connectivity index (χ4v) is 4.10. The molecule has 3 aromatic rings. The molecule has 1 N–H and O–H groups in total. The number of anilines is 1. The monoisotopic (exact) mass is 476 g/mol. The highest BCUT2D eigenvalue weighted by atomic mass is 79.9. The number of thiazole rings is 1. The van der Waals surface area contributed by atoms with Crippen LogP contribution in [0.25, 0.3) is 11.3 Å². The Morgan fingerprint density at radius 2 is 1.79 bits per heavy atom.